The Balaban J connectivity index is 1.71. The van der Waals surface area contributed by atoms with Crippen molar-refractivity contribution in [3.05, 3.63) is 53.3 Å². The van der Waals surface area contributed by atoms with E-state index in [2.05, 4.69) is 0 Å². The van der Waals surface area contributed by atoms with Crippen molar-refractivity contribution in [2.24, 2.45) is 0 Å². The molecule has 0 aromatic heterocycles. The van der Waals surface area contributed by atoms with Gasteiger partial charge in [0.2, 0.25) is 16.8 Å². The number of hydrogen-bond acceptors (Lipinski definition) is 4. The summed E-state index contributed by atoms with van der Waals surface area (Å²) in [4.78, 5) is 0.0972. The zero-order valence-corrected chi connectivity index (χ0v) is 13.8. The van der Waals surface area contributed by atoms with Crippen LogP contribution >= 0.6 is 0 Å². The molecule has 126 valence electrons. The third-order valence-electron chi connectivity index (χ3n) is 4.45. The molecule has 1 atom stereocenters. The Kier molecular flexibility index (Phi) is 3.51. The van der Waals surface area contributed by atoms with Gasteiger partial charge in [-0.15, -0.1) is 0 Å². The van der Waals surface area contributed by atoms with E-state index < -0.39 is 15.8 Å². The number of sulfonamides is 1. The molecular formula is C17H16FNO4S. The van der Waals surface area contributed by atoms with Gasteiger partial charge in [-0.1, -0.05) is 0 Å². The van der Waals surface area contributed by atoms with E-state index in [1.54, 1.807) is 0 Å². The number of nitrogens with zero attached hydrogens (tertiary/aromatic N) is 1. The quantitative estimate of drug-likeness (QED) is 0.836. The molecule has 2 aromatic carbocycles. The van der Waals surface area contributed by atoms with Crippen molar-refractivity contribution in [1.29, 1.82) is 0 Å². The second-order valence-corrected chi connectivity index (χ2v) is 7.92. The van der Waals surface area contributed by atoms with E-state index >= 15 is 0 Å². The van der Waals surface area contributed by atoms with Gasteiger partial charge in [-0.25, -0.2) is 12.8 Å². The molecule has 24 heavy (non-hydrogen) atoms. The molecule has 0 bridgehead atoms. The van der Waals surface area contributed by atoms with Crippen LogP contribution in [0.4, 0.5) is 4.39 Å². The minimum atomic E-state index is -3.69. The van der Waals surface area contributed by atoms with Crippen molar-refractivity contribution in [1.82, 2.24) is 4.31 Å². The molecular weight excluding hydrogens is 333 g/mol. The summed E-state index contributed by atoms with van der Waals surface area (Å²) in [6.07, 6.45) is 0.590. The van der Waals surface area contributed by atoms with Crippen molar-refractivity contribution in [2.45, 2.75) is 30.8 Å². The standard InChI is InChI=1S/C17H16FNO4S/c1-11-6-12-7-16-17(23-10-22-16)8-13(12)9-19(11)24(20,21)15-4-2-14(18)3-5-15/h2-5,7-8,11H,6,9-10H2,1H3. The first-order valence-corrected chi connectivity index (χ1v) is 9.08. The van der Waals surface area contributed by atoms with Crippen LogP contribution in [0, 0.1) is 5.82 Å². The zero-order valence-electron chi connectivity index (χ0n) is 13.0. The maximum Gasteiger partial charge on any atom is 0.243 e. The van der Waals surface area contributed by atoms with Gasteiger partial charge >= 0.3 is 0 Å². The molecule has 0 saturated carbocycles. The van der Waals surface area contributed by atoms with E-state index in [1.165, 1.54) is 16.4 Å². The molecule has 0 spiro atoms. The van der Waals surface area contributed by atoms with Crippen molar-refractivity contribution in [3.63, 3.8) is 0 Å². The Morgan fingerprint density at radius 3 is 2.38 bits per heavy atom. The van der Waals surface area contributed by atoms with Crippen molar-refractivity contribution >= 4 is 10.0 Å². The van der Waals surface area contributed by atoms with E-state index in [4.69, 9.17) is 9.47 Å². The number of benzene rings is 2. The number of halogens is 1. The molecule has 0 saturated heterocycles. The molecule has 0 radical (unpaired) electrons. The Morgan fingerprint density at radius 1 is 1.08 bits per heavy atom. The number of rotatable bonds is 2. The average Bonchev–Trinajstić information content (AvgIpc) is 2.99. The van der Waals surface area contributed by atoms with Crippen LogP contribution in [-0.4, -0.2) is 25.6 Å². The summed E-state index contributed by atoms with van der Waals surface area (Å²) < 4.78 is 51.1. The lowest BCUT2D eigenvalue weighted by Gasteiger charge is -2.34. The predicted octanol–water partition coefficient (Wildman–Crippen LogP) is 2.69. The third-order valence-corrected chi connectivity index (χ3v) is 6.42. The predicted molar refractivity (Wildman–Crippen MR) is 84.9 cm³/mol. The van der Waals surface area contributed by atoms with Gasteiger partial charge in [0, 0.05) is 12.6 Å². The lowest BCUT2D eigenvalue weighted by atomic mass is 9.96. The van der Waals surface area contributed by atoms with E-state index in [0.29, 0.717) is 17.9 Å². The second-order valence-electron chi connectivity index (χ2n) is 6.03. The fourth-order valence-corrected chi connectivity index (χ4v) is 4.78. The van der Waals surface area contributed by atoms with Crippen LogP contribution in [0.2, 0.25) is 0 Å². The van der Waals surface area contributed by atoms with Crippen LogP contribution in [0.3, 0.4) is 0 Å². The Hall–Kier alpha value is -2.12. The summed E-state index contributed by atoms with van der Waals surface area (Å²) >= 11 is 0. The van der Waals surface area contributed by atoms with Crippen LogP contribution in [0.15, 0.2) is 41.3 Å². The van der Waals surface area contributed by atoms with Crippen molar-refractivity contribution in [3.8, 4) is 11.5 Å². The molecule has 7 heteroatoms. The smallest absolute Gasteiger partial charge is 0.243 e. The first-order valence-electron chi connectivity index (χ1n) is 7.64. The van der Waals surface area contributed by atoms with E-state index in [9.17, 15) is 12.8 Å². The summed E-state index contributed by atoms with van der Waals surface area (Å²) in [5.74, 6) is 0.886. The van der Waals surface area contributed by atoms with Crippen LogP contribution < -0.4 is 9.47 Å². The van der Waals surface area contributed by atoms with Gasteiger partial charge in [-0.3, -0.25) is 0 Å². The summed E-state index contributed by atoms with van der Waals surface area (Å²) in [6, 6.07) is 8.49. The largest absolute Gasteiger partial charge is 0.454 e. The molecule has 2 aliphatic heterocycles. The maximum absolute atomic E-state index is 13.1. The van der Waals surface area contributed by atoms with Crippen LogP contribution in [0.25, 0.3) is 0 Å². The lowest BCUT2D eigenvalue weighted by molar-refractivity contribution is 0.174. The number of fused-ring (bicyclic) bond motifs is 2. The van der Waals surface area contributed by atoms with Crippen LogP contribution in [-0.2, 0) is 23.0 Å². The molecule has 0 amide bonds. The Labute approximate surface area is 139 Å². The van der Waals surface area contributed by atoms with Gasteiger partial charge in [0.05, 0.1) is 4.90 Å². The van der Waals surface area contributed by atoms with Gasteiger partial charge < -0.3 is 9.47 Å². The van der Waals surface area contributed by atoms with E-state index in [-0.39, 0.29) is 24.3 Å². The van der Waals surface area contributed by atoms with Gasteiger partial charge in [0.15, 0.2) is 11.5 Å². The summed E-state index contributed by atoms with van der Waals surface area (Å²) in [7, 11) is -3.69. The van der Waals surface area contributed by atoms with Gasteiger partial charge in [-0.2, -0.15) is 4.31 Å². The Morgan fingerprint density at radius 2 is 1.71 bits per heavy atom. The van der Waals surface area contributed by atoms with Crippen LogP contribution in [0.5, 0.6) is 11.5 Å². The second kappa shape index (κ2) is 5.46. The minimum absolute atomic E-state index is 0.0972. The summed E-state index contributed by atoms with van der Waals surface area (Å²) in [6.45, 7) is 2.31. The fourth-order valence-electron chi connectivity index (χ4n) is 3.17. The molecule has 4 rings (SSSR count). The molecule has 2 aliphatic rings. The minimum Gasteiger partial charge on any atom is -0.454 e. The van der Waals surface area contributed by atoms with Crippen LogP contribution in [0.1, 0.15) is 18.1 Å². The molecule has 5 nitrogen and oxygen atoms in total. The average molecular weight is 349 g/mol. The lowest BCUT2D eigenvalue weighted by Crippen LogP contribution is -2.42. The molecule has 1 unspecified atom stereocenters. The number of hydrogen-bond donors (Lipinski definition) is 0. The Bertz CT molecular complexity index is 896. The highest BCUT2D eigenvalue weighted by Crippen LogP contribution is 2.38. The van der Waals surface area contributed by atoms with Gasteiger partial charge in [0.25, 0.3) is 0 Å². The maximum atomic E-state index is 13.1. The highest BCUT2D eigenvalue weighted by molar-refractivity contribution is 7.89. The third kappa shape index (κ3) is 2.44. The molecule has 0 aliphatic carbocycles. The zero-order chi connectivity index (χ0) is 16.9. The molecule has 2 heterocycles. The number of ether oxygens (including phenoxy) is 2. The topological polar surface area (TPSA) is 55.8 Å². The monoisotopic (exact) mass is 349 g/mol. The van der Waals surface area contributed by atoms with E-state index in [1.807, 2.05) is 19.1 Å². The first kappa shape index (κ1) is 15.4. The van der Waals surface area contributed by atoms with E-state index in [0.717, 1.165) is 23.3 Å². The first-order chi connectivity index (χ1) is 11.4. The molecule has 0 fully saturated rings. The highest BCUT2D eigenvalue weighted by Gasteiger charge is 2.34. The van der Waals surface area contributed by atoms with Gasteiger partial charge in [-0.05, 0) is 60.9 Å². The SMILES string of the molecule is CC1Cc2cc3c(cc2CN1S(=O)(=O)c1ccc(F)cc1)OCO3. The van der Waals surface area contributed by atoms with Gasteiger partial charge in [0.1, 0.15) is 5.82 Å². The summed E-state index contributed by atoms with van der Waals surface area (Å²) in [5, 5.41) is 0. The summed E-state index contributed by atoms with van der Waals surface area (Å²) in [5.41, 5.74) is 1.97. The van der Waals surface area contributed by atoms with Crippen molar-refractivity contribution < 1.29 is 22.3 Å². The normalized spacial score (nSPS) is 20.0. The van der Waals surface area contributed by atoms with Crippen molar-refractivity contribution in [2.75, 3.05) is 6.79 Å². The molecule has 0 N–H and O–H groups in total. The fraction of sp³-hybridized carbons (Fsp3) is 0.294. The molecule has 2 aromatic rings. The highest BCUT2D eigenvalue weighted by atomic mass is 32.2.